The Morgan fingerprint density at radius 2 is 2.12 bits per heavy atom. The summed E-state index contributed by atoms with van der Waals surface area (Å²) in [4.78, 5) is 9.41. The number of rotatable bonds is 5. The standard InChI is InChI=1S/C13H21N3S/c1-4-5-11-10-6-14-7-12(10)16-13(15-11)8-17-9(2)3/h9,14H,4-8H2,1-3H3. The van der Waals surface area contributed by atoms with Gasteiger partial charge in [-0.25, -0.2) is 9.97 Å². The van der Waals surface area contributed by atoms with E-state index in [-0.39, 0.29) is 0 Å². The summed E-state index contributed by atoms with van der Waals surface area (Å²) in [5.41, 5.74) is 3.84. The first-order valence-electron chi connectivity index (χ1n) is 6.40. The Bertz CT molecular complexity index is 390. The second-order valence-corrected chi connectivity index (χ2v) is 6.29. The fraction of sp³-hybridized carbons (Fsp3) is 0.692. The van der Waals surface area contributed by atoms with Gasteiger partial charge in [0.05, 0.1) is 11.4 Å². The van der Waals surface area contributed by atoms with Gasteiger partial charge in [-0.15, -0.1) is 0 Å². The van der Waals surface area contributed by atoms with Gasteiger partial charge in [0, 0.05) is 24.3 Å². The molecule has 94 valence electrons. The molecule has 0 aromatic carbocycles. The smallest absolute Gasteiger partial charge is 0.138 e. The summed E-state index contributed by atoms with van der Waals surface area (Å²) in [6.07, 6.45) is 2.23. The van der Waals surface area contributed by atoms with Gasteiger partial charge in [-0.2, -0.15) is 11.8 Å². The van der Waals surface area contributed by atoms with Gasteiger partial charge in [0.1, 0.15) is 5.82 Å². The molecule has 17 heavy (non-hydrogen) atoms. The second kappa shape index (κ2) is 5.83. The zero-order valence-corrected chi connectivity index (χ0v) is 11.7. The lowest BCUT2D eigenvalue weighted by Gasteiger charge is -2.09. The summed E-state index contributed by atoms with van der Waals surface area (Å²) in [6, 6.07) is 0. The van der Waals surface area contributed by atoms with E-state index in [1.165, 1.54) is 17.0 Å². The molecule has 2 rings (SSSR count). The fourth-order valence-corrected chi connectivity index (χ4v) is 2.66. The Labute approximate surface area is 108 Å². The quantitative estimate of drug-likeness (QED) is 0.873. The van der Waals surface area contributed by atoms with Crippen LogP contribution in [0, 0.1) is 0 Å². The minimum absolute atomic E-state index is 0.639. The number of hydrogen-bond acceptors (Lipinski definition) is 4. The van der Waals surface area contributed by atoms with Crippen molar-refractivity contribution < 1.29 is 0 Å². The number of aryl methyl sites for hydroxylation is 1. The Morgan fingerprint density at radius 3 is 2.82 bits per heavy atom. The molecule has 0 unspecified atom stereocenters. The van der Waals surface area contributed by atoms with Crippen molar-refractivity contribution in [3.63, 3.8) is 0 Å². The summed E-state index contributed by atoms with van der Waals surface area (Å²) in [7, 11) is 0. The van der Waals surface area contributed by atoms with E-state index in [2.05, 4.69) is 31.1 Å². The lowest BCUT2D eigenvalue weighted by Crippen LogP contribution is -2.06. The molecular formula is C13H21N3S. The van der Waals surface area contributed by atoms with Crippen LogP contribution in [0.25, 0.3) is 0 Å². The average Bonchev–Trinajstić information content (AvgIpc) is 2.75. The van der Waals surface area contributed by atoms with Crippen molar-refractivity contribution >= 4 is 11.8 Å². The van der Waals surface area contributed by atoms with Crippen LogP contribution in [-0.4, -0.2) is 15.2 Å². The van der Waals surface area contributed by atoms with Gasteiger partial charge in [0.15, 0.2) is 0 Å². The Morgan fingerprint density at radius 1 is 1.29 bits per heavy atom. The Kier molecular flexibility index (Phi) is 4.40. The SMILES string of the molecule is CCCc1nc(CSC(C)C)nc2c1CNC2. The highest BCUT2D eigenvalue weighted by molar-refractivity contribution is 7.99. The van der Waals surface area contributed by atoms with Crippen molar-refractivity contribution in [3.05, 3.63) is 22.8 Å². The van der Waals surface area contributed by atoms with E-state index in [9.17, 15) is 0 Å². The lowest BCUT2D eigenvalue weighted by molar-refractivity contribution is 0.753. The van der Waals surface area contributed by atoms with E-state index in [4.69, 9.17) is 4.98 Å². The van der Waals surface area contributed by atoms with Crippen LogP contribution < -0.4 is 5.32 Å². The maximum absolute atomic E-state index is 4.73. The molecule has 1 aromatic rings. The number of nitrogens with zero attached hydrogens (tertiary/aromatic N) is 2. The van der Waals surface area contributed by atoms with Crippen LogP contribution in [0.2, 0.25) is 0 Å². The highest BCUT2D eigenvalue weighted by Gasteiger charge is 2.18. The molecular weight excluding hydrogens is 230 g/mol. The molecule has 1 aliphatic heterocycles. The van der Waals surface area contributed by atoms with Gasteiger partial charge in [0.2, 0.25) is 0 Å². The molecule has 1 N–H and O–H groups in total. The van der Waals surface area contributed by atoms with Gasteiger partial charge in [-0.1, -0.05) is 27.2 Å². The van der Waals surface area contributed by atoms with Gasteiger partial charge in [-0.05, 0) is 11.7 Å². The van der Waals surface area contributed by atoms with Crippen LogP contribution in [0.3, 0.4) is 0 Å². The van der Waals surface area contributed by atoms with Crippen molar-refractivity contribution in [2.45, 2.75) is 57.7 Å². The average molecular weight is 251 g/mol. The Hall–Kier alpha value is -0.610. The van der Waals surface area contributed by atoms with Crippen LogP contribution in [0.4, 0.5) is 0 Å². The molecule has 0 saturated carbocycles. The molecule has 3 nitrogen and oxygen atoms in total. The van der Waals surface area contributed by atoms with Crippen molar-refractivity contribution in [2.24, 2.45) is 0 Å². The molecule has 0 atom stereocenters. The maximum atomic E-state index is 4.73. The predicted molar refractivity (Wildman–Crippen MR) is 73.0 cm³/mol. The topological polar surface area (TPSA) is 37.8 Å². The third-order valence-electron chi connectivity index (χ3n) is 2.85. The molecule has 1 aromatic heterocycles. The van der Waals surface area contributed by atoms with E-state index in [1.807, 2.05) is 11.8 Å². The fourth-order valence-electron chi connectivity index (χ4n) is 2.04. The highest BCUT2D eigenvalue weighted by Crippen LogP contribution is 2.21. The third-order valence-corrected chi connectivity index (χ3v) is 3.94. The summed E-state index contributed by atoms with van der Waals surface area (Å²) >= 11 is 1.91. The van der Waals surface area contributed by atoms with Crippen LogP contribution >= 0.6 is 11.8 Å². The van der Waals surface area contributed by atoms with Gasteiger partial charge >= 0.3 is 0 Å². The minimum Gasteiger partial charge on any atom is -0.307 e. The summed E-state index contributed by atoms with van der Waals surface area (Å²) < 4.78 is 0. The molecule has 1 aliphatic rings. The molecule has 0 fully saturated rings. The molecule has 0 spiro atoms. The number of aromatic nitrogens is 2. The molecule has 4 heteroatoms. The van der Waals surface area contributed by atoms with E-state index < -0.39 is 0 Å². The van der Waals surface area contributed by atoms with E-state index in [0.717, 1.165) is 37.5 Å². The molecule has 0 bridgehead atoms. The molecule has 0 amide bonds. The van der Waals surface area contributed by atoms with Crippen molar-refractivity contribution in [1.82, 2.24) is 15.3 Å². The van der Waals surface area contributed by atoms with Crippen LogP contribution in [0.1, 0.15) is 50.0 Å². The summed E-state index contributed by atoms with van der Waals surface area (Å²) in [6.45, 7) is 8.49. The zero-order valence-electron chi connectivity index (χ0n) is 10.9. The number of thioether (sulfide) groups is 1. The van der Waals surface area contributed by atoms with Gasteiger partial charge < -0.3 is 5.32 Å². The van der Waals surface area contributed by atoms with Crippen LogP contribution in [-0.2, 0) is 25.3 Å². The first-order chi connectivity index (χ1) is 8.20. The highest BCUT2D eigenvalue weighted by atomic mass is 32.2. The molecule has 0 aliphatic carbocycles. The second-order valence-electron chi connectivity index (χ2n) is 4.73. The first-order valence-corrected chi connectivity index (χ1v) is 7.45. The number of fused-ring (bicyclic) bond motifs is 1. The predicted octanol–water partition coefficient (Wildman–Crippen LogP) is 2.67. The third kappa shape index (κ3) is 3.19. The Balaban J connectivity index is 2.20. The number of nitrogens with one attached hydrogen (secondary N) is 1. The van der Waals surface area contributed by atoms with E-state index >= 15 is 0 Å². The zero-order chi connectivity index (χ0) is 12.3. The molecule has 2 heterocycles. The summed E-state index contributed by atoms with van der Waals surface area (Å²) in [5.74, 6) is 1.94. The first kappa shape index (κ1) is 12.8. The lowest BCUT2D eigenvalue weighted by atomic mass is 10.1. The molecule has 0 radical (unpaired) electrons. The van der Waals surface area contributed by atoms with E-state index in [1.54, 1.807) is 0 Å². The van der Waals surface area contributed by atoms with Crippen LogP contribution in [0.15, 0.2) is 0 Å². The summed E-state index contributed by atoms with van der Waals surface area (Å²) in [5, 5.41) is 4.01. The van der Waals surface area contributed by atoms with Crippen molar-refractivity contribution in [1.29, 1.82) is 0 Å². The minimum atomic E-state index is 0.639. The van der Waals surface area contributed by atoms with Gasteiger partial charge in [-0.3, -0.25) is 0 Å². The number of hydrogen-bond donors (Lipinski definition) is 1. The maximum Gasteiger partial charge on any atom is 0.138 e. The van der Waals surface area contributed by atoms with Crippen molar-refractivity contribution in [2.75, 3.05) is 0 Å². The normalized spacial score (nSPS) is 14.4. The van der Waals surface area contributed by atoms with Crippen molar-refractivity contribution in [3.8, 4) is 0 Å². The van der Waals surface area contributed by atoms with Crippen LogP contribution in [0.5, 0.6) is 0 Å². The van der Waals surface area contributed by atoms with Gasteiger partial charge in [0.25, 0.3) is 0 Å². The monoisotopic (exact) mass is 251 g/mol. The molecule has 0 saturated heterocycles. The van der Waals surface area contributed by atoms with E-state index in [0.29, 0.717) is 5.25 Å². The largest absolute Gasteiger partial charge is 0.307 e.